The minimum absolute atomic E-state index is 0.0116. The van der Waals surface area contributed by atoms with Gasteiger partial charge in [0.1, 0.15) is 11.8 Å². The van der Waals surface area contributed by atoms with Crippen LogP contribution < -0.4 is 0 Å². The van der Waals surface area contributed by atoms with Crippen LogP contribution in [0.1, 0.15) is 19.4 Å². The summed E-state index contributed by atoms with van der Waals surface area (Å²) < 4.78 is 5.07. The number of oxime groups is 1. The van der Waals surface area contributed by atoms with Crippen molar-refractivity contribution < 1.29 is 9.57 Å². The third kappa shape index (κ3) is 3.60. The summed E-state index contributed by atoms with van der Waals surface area (Å²) in [5.41, 5.74) is 1.52. The van der Waals surface area contributed by atoms with Crippen LogP contribution in [0.15, 0.2) is 35.5 Å². The van der Waals surface area contributed by atoms with E-state index in [2.05, 4.69) is 25.1 Å². The van der Waals surface area contributed by atoms with Crippen LogP contribution in [0.4, 0.5) is 0 Å². The second kappa shape index (κ2) is 7.30. The molecule has 0 spiro atoms. The molecular weight excluding hydrogens is 309 g/mol. The summed E-state index contributed by atoms with van der Waals surface area (Å²) in [5.74, 6) is 0.335. The van der Waals surface area contributed by atoms with Gasteiger partial charge in [-0.05, 0) is 18.1 Å². The molecule has 5 heteroatoms. The van der Waals surface area contributed by atoms with E-state index in [9.17, 15) is 0 Å². The molecule has 114 valence electrons. The Morgan fingerprint density at radius 3 is 2.57 bits per heavy atom. The Balaban J connectivity index is 2.37. The lowest BCUT2D eigenvalue weighted by molar-refractivity contribution is 0.0372. The van der Waals surface area contributed by atoms with Gasteiger partial charge in [0.15, 0.2) is 0 Å². The summed E-state index contributed by atoms with van der Waals surface area (Å²) in [4.78, 5) is 5.61. The fraction of sp³-hybridized carbons (Fsp3) is 0.438. The summed E-state index contributed by atoms with van der Waals surface area (Å²) in [5, 5.41) is 5.41. The number of halogens is 2. The molecule has 21 heavy (non-hydrogen) atoms. The number of ether oxygens (including phenoxy) is 1. The number of benzene rings is 1. The predicted octanol–water partition coefficient (Wildman–Crippen LogP) is 4.57. The quantitative estimate of drug-likeness (QED) is 0.741. The van der Waals surface area contributed by atoms with Gasteiger partial charge in [-0.3, -0.25) is 0 Å². The molecule has 2 atom stereocenters. The van der Waals surface area contributed by atoms with Crippen LogP contribution >= 0.6 is 23.2 Å². The van der Waals surface area contributed by atoms with Gasteiger partial charge in [-0.2, -0.15) is 0 Å². The monoisotopic (exact) mass is 327 g/mol. The third-order valence-electron chi connectivity index (χ3n) is 3.42. The van der Waals surface area contributed by atoms with E-state index in [0.29, 0.717) is 22.6 Å². The minimum Gasteiger partial charge on any atom is -0.391 e. The molecule has 0 bridgehead atoms. The molecule has 0 radical (unpaired) electrons. The predicted molar refractivity (Wildman–Crippen MR) is 87.2 cm³/mol. The molecule has 0 fully saturated rings. The molecule has 0 N–H and O–H groups in total. The lowest BCUT2D eigenvalue weighted by Crippen LogP contribution is -2.27. The number of rotatable bonds is 5. The van der Waals surface area contributed by atoms with Crippen LogP contribution in [0.5, 0.6) is 0 Å². The van der Waals surface area contributed by atoms with Gasteiger partial charge in [-0.1, -0.05) is 60.4 Å². The van der Waals surface area contributed by atoms with Gasteiger partial charge in [0.05, 0.1) is 22.6 Å². The largest absolute Gasteiger partial charge is 0.391 e. The van der Waals surface area contributed by atoms with Crippen LogP contribution in [0.2, 0.25) is 10.0 Å². The highest BCUT2D eigenvalue weighted by molar-refractivity contribution is 6.40. The van der Waals surface area contributed by atoms with Gasteiger partial charge in [0.2, 0.25) is 0 Å². The van der Waals surface area contributed by atoms with Gasteiger partial charge >= 0.3 is 0 Å². The van der Waals surface area contributed by atoms with E-state index in [4.69, 9.17) is 32.8 Å². The molecule has 0 amide bonds. The second-order valence-corrected chi connectivity index (χ2v) is 6.11. The first-order chi connectivity index (χ1) is 10.1. The first kappa shape index (κ1) is 16.3. The summed E-state index contributed by atoms with van der Waals surface area (Å²) in [6, 6.07) is 5.44. The molecule has 1 aromatic rings. The Morgan fingerprint density at radius 1 is 1.33 bits per heavy atom. The Morgan fingerprint density at radius 2 is 2.00 bits per heavy atom. The van der Waals surface area contributed by atoms with E-state index in [1.165, 1.54) is 0 Å². The first-order valence-corrected chi connectivity index (χ1v) is 7.65. The molecule has 2 unspecified atom stereocenters. The summed E-state index contributed by atoms with van der Waals surface area (Å²) in [7, 11) is 1.66. The normalized spacial score (nSPS) is 21.9. The van der Waals surface area contributed by atoms with Crippen molar-refractivity contribution in [3.05, 3.63) is 46.0 Å². The average Bonchev–Trinajstić information content (AvgIpc) is 2.83. The van der Waals surface area contributed by atoms with E-state index >= 15 is 0 Å². The number of hydrogen-bond donors (Lipinski definition) is 0. The van der Waals surface area contributed by atoms with Crippen LogP contribution in [0.25, 0.3) is 0 Å². The maximum absolute atomic E-state index is 6.29. The van der Waals surface area contributed by atoms with E-state index in [1.807, 2.05) is 24.3 Å². The average molecular weight is 328 g/mol. The van der Waals surface area contributed by atoms with Crippen molar-refractivity contribution in [3.8, 4) is 0 Å². The molecule has 1 heterocycles. The highest BCUT2D eigenvalue weighted by Crippen LogP contribution is 2.35. The molecule has 0 aliphatic carbocycles. The van der Waals surface area contributed by atoms with Crippen LogP contribution in [-0.2, 0) is 9.57 Å². The van der Waals surface area contributed by atoms with E-state index in [0.717, 1.165) is 11.3 Å². The van der Waals surface area contributed by atoms with Crippen molar-refractivity contribution in [2.75, 3.05) is 13.7 Å². The van der Waals surface area contributed by atoms with Gasteiger partial charge in [-0.15, -0.1) is 0 Å². The Labute approximate surface area is 135 Å². The fourth-order valence-electron chi connectivity index (χ4n) is 2.39. The van der Waals surface area contributed by atoms with Gasteiger partial charge in [-0.25, -0.2) is 0 Å². The number of nitrogens with zero attached hydrogens (tertiary/aromatic N) is 1. The minimum atomic E-state index is -0.0274. The van der Waals surface area contributed by atoms with E-state index < -0.39 is 0 Å². The van der Waals surface area contributed by atoms with Crippen molar-refractivity contribution in [1.29, 1.82) is 0 Å². The van der Waals surface area contributed by atoms with Crippen LogP contribution in [0.3, 0.4) is 0 Å². The molecule has 0 saturated heterocycles. The fourth-order valence-corrected chi connectivity index (χ4v) is 2.98. The Kier molecular flexibility index (Phi) is 5.68. The summed E-state index contributed by atoms with van der Waals surface area (Å²) in [6.07, 6.45) is 4.00. The topological polar surface area (TPSA) is 30.8 Å². The zero-order valence-electron chi connectivity index (χ0n) is 12.3. The zero-order valence-corrected chi connectivity index (χ0v) is 13.9. The standard InChI is InChI=1S/C16H19Cl2NO2/c1-10(2)16-11(6-5-9-20-3)15(19-21-16)14-12(17)7-4-8-13(14)18/h4-8,10-11,16H,9H2,1-3H3/b6-5+. The van der Waals surface area contributed by atoms with Gasteiger partial charge < -0.3 is 9.57 Å². The van der Waals surface area contributed by atoms with Crippen molar-refractivity contribution in [3.63, 3.8) is 0 Å². The van der Waals surface area contributed by atoms with Crippen LogP contribution in [0, 0.1) is 11.8 Å². The third-order valence-corrected chi connectivity index (χ3v) is 4.05. The molecule has 1 aliphatic rings. The lowest BCUT2D eigenvalue weighted by Gasteiger charge is -2.19. The maximum Gasteiger partial charge on any atom is 0.141 e. The second-order valence-electron chi connectivity index (χ2n) is 5.30. The maximum atomic E-state index is 6.29. The van der Waals surface area contributed by atoms with E-state index in [-0.39, 0.29) is 12.0 Å². The molecule has 1 aromatic carbocycles. The smallest absolute Gasteiger partial charge is 0.141 e. The summed E-state index contributed by atoms with van der Waals surface area (Å²) in [6.45, 7) is 4.76. The molecule has 0 saturated carbocycles. The highest BCUT2D eigenvalue weighted by atomic mass is 35.5. The first-order valence-electron chi connectivity index (χ1n) is 6.90. The Hall–Kier alpha value is -1.03. The van der Waals surface area contributed by atoms with Crippen LogP contribution in [-0.4, -0.2) is 25.5 Å². The molecule has 2 rings (SSSR count). The lowest BCUT2D eigenvalue weighted by atomic mass is 9.86. The molecule has 1 aliphatic heterocycles. The van der Waals surface area contributed by atoms with Crippen molar-refractivity contribution >= 4 is 28.9 Å². The summed E-state index contributed by atoms with van der Waals surface area (Å²) >= 11 is 12.6. The van der Waals surface area contributed by atoms with Crippen molar-refractivity contribution in [1.82, 2.24) is 0 Å². The molecular formula is C16H19Cl2NO2. The SMILES string of the molecule is COC/C=C/C1C(c2c(Cl)cccc2Cl)=NOC1C(C)C. The Bertz CT molecular complexity index is 535. The molecule has 3 nitrogen and oxygen atoms in total. The number of hydrogen-bond acceptors (Lipinski definition) is 3. The highest BCUT2D eigenvalue weighted by Gasteiger charge is 2.36. The van der Waals surface area contributed by atoms with Crippen molar-refractivity contribution in [2.24, 2.45) is 17.0 Å². The number of methoxy groups -OCH3 is 1. The zero-order chi connectivity index (χ0) is 15.4. The van der Waals surface area contributed by atoms with Crippen molar-refractivity contribution in [2.45, 2.75) is 20.0 Å². The van der Waals surface area contributed by atoms with Gasteiger partial charge in [0.25, 0.3) is 0 Å². The molecule has 0 aromatic heterocycles. The van der Waals surface area contributed by atoms with Gasteiger partial charge in [0, 0.05) is 12.7 Å². The van der Waals surface area contributed by atoms with E-state index in [1.54, 1.807) is 7.11 Å².